The molecular formula is C11H4BrCl2FO2. The van der Waals surface area contributed by atoms with E-state index in [1.807, 2.05) is 0 Å². The Morgan fingerprint density at radius 1 is 1.35 bits per heavy atom. The van der Waals surface area contributed by atoms with E-state index in [0.29, 0.717) is 10.8 Å². The Morgan fingerprint density at radius 2 is 2.06 bits per heavy atom. The Labute approximate surface area is 114 Å². The van der Waals surface area contributed by atoms with Crippen LogP contribution in [0.2, 0.25) is 10.0 Å². The van der Waals surface area contributed by atoms with E-state index in [-0.39, 0.29) is 27.1 Å². The first-order valence-electron chi connectivity index (χ1n) is 4.43. The minimum absolute atomic E-state index is 0.0990. The van der Waals surface area contributed by atoms with Gasteiger partial charge in [-0.2, -0.15) is 0 Å². The predicted octanol–water partition coefficient (Wildman–Crippen LogP) is 4.97. The van der Waals surface area contributed by atoms with E-state index in [1.165, 1.54) is 18.2 Å². The maximum absolute atomic E-state index is 13.9. The zero-order valence-corrected chi connectivity index (χ0v) is 11.2. The molecule has 0 saturated heterocycles. The molecule has 0 amide bonds. The Morgan fingerprint density at radius 3 is 2.65 bits per heavy atom. The number of hydrogen-bond donors (Lipinski definition) is 0. The molecule has 0 aliphatic carbocycles. The molecule has 0 spiro atoms. The quantitative estimate of drug-likeness (QED) is 0.440. The number of rotatable bonds is 2. The summed E-state index contributed by atoms with van der Waals surface area (Å²) in [6.07, 6.45) is 0.535. The van der Waals surface area contributed by atoms with Crippen LogP contribution in [0.3, 0.4) is 0 Å². The molecule has 0 aliphatic heterocycles. The summed E-state index contributed by atoms with van der Waals surface area (Å²) in [5.74, 6) is -0.384. The second-order valence-electron chi connectivity index (χ2n) is 3.16. The number of carbonyl (C=O) groups is 1. The van der Waals surface area contributed by atoms with Crippen molar-refractivity contribution in [3.05, 3.63) is 44.3 Å². The molecule has 0 fully saturated rings. The van der Waals surface area contributed by atoms with Crippen molar-refractivity contribution in [3.8, 4) is 11.3 Å². The van der Waals surface area contributed by atoms with Gasteiger partial charge in [0.05, 0.1) is 15.6 Å². The lowest BCUT2D eigenvalue weighted by molar-refractivity contribution is 0.110. The Hall–Kier alpha value is -0.840. The van der Waals surface area contributed by atoms with Crippen molar-refractivity contribution >= 4 is 45.4 Å². The van der Waals surface area contributed by atoms with Crippen molar-refractivity contribution in [2.75, 3.05) is 0 Å². The second kappa shape index (κ2) is 4.80. The zero-order chi connectivity index (χ0) is 12.6. The zero-order valence-electron chi connectivity index (χ0n) is 8.14. The highest BCUT2D eigenvalue weighted by Gasteiger charge is 2.19. The summed E-state index contributed by atoms with van der Waals surface area (Å²) in [7, 11) is 0. The average Bonchev–Trinajstić information content (AvgIpc) is 2.74. The maximum atomic E-state index is 13.9. The molecule has 0 saturated carbocycles. The Bertz CT molecular complexity index is 595. The van der Waals surface area contributed by atoms with Gasteiger partial charge in [0.15, 0.2) is 17.9 Å². The van der Waals surface area contributed by atoms with Crippen LogP contribution in [0.25, 0.3) is 11.3 Å². The van der Waals surface area contributed by atoms with Gasteiger partial charge in [0.25, 0.3) is 0 Å². The summed E-state index contributed by atoms with van der Waals surface area (Å²) in [4.78, 5) is 10.5. The number of hydrogen-bond acceptors (Lipinski definition) is 2. The lowest BCUT2D eigenvalue weighted by atomic mass is 10.1. The van der Waals surface area contributed by atoms with Crippen molar-refractivity contribution in [1.82, 2.24) is 0 Å². The Kier molecular flexibility index (Phi) is 3.56. The first kappa shape index (κ1) is 12.6. The maximum Gasteiger partial charge on any atom is 0.185 e. The number of halogens is 4. The number of aldehydes is 1. The molecule has 17 heavy (non-hydrogen) atoms. The average molecular weight is 338 g/mol. The molecule has 2 aromatic rings. The van der Waals surface area contributed by atoms with Gasteiger partial charge in [-0.3, -0.25) is 4.79 Å². The highest BCUT2D eigenvalue weighted by Crippen LogP contribution is 2.39. The highest BCUT2D eigenvalue weighted by atomic mass is 79.9. The summed E-state index contributed by atoms with van der Waals surface area (Å²) >= 11 is 14.6. The third-order valence-electron chi connectivity index (χ3n) is 2.10. The molecule has 6 heteroatoms. The molecule has 0 aliphatic rings. The fourth-order valence-electron chi connectivity index (χ4n) is 1.34. The molecule has 1 aromatic carbocycles. The molecule has 0 atom stereocenters. The van der Waals surface area contributed by atoms with Gasteiger partial charge in [-0.1, -0.05) is 23.2 Å². The summed E-state index contributed by atoms with van der Waals surface area (Å²) in [5.41, 5.74) is 0.132. The van der Waals surface area contributed by atoms with Gasteiger partial charge in [-0.25, -0.2) is 4.39 Å². The van der Waals surface area contributed by atoms with Crippen molar-refractivity contribution in [1.29, 1.82) is 0 Å². The van der Waals surface area contributed by atoms with Crippen LogP contribution in [-0.4, -0.2) is 6.29 Å². The smallest absolute Gasteiger partial charge is 0.185 e. The van der Waals surface area contributed by atoms with E-state index in [0.717, 1.165) is 0 Å². The van der Waals surface area contributed by atoms with Crippen molar-refractivity contribution in [2.24, 2.45) is 0 Å². The molecule has 0 unspecified atom stereocenters. The van der Waals surface area contributed by atoms with Crippen molar-refractivity contribution < 1.29 is 13.6 Å². The van der Waals surface area contributed by atoms with Crippen LogP contribution >= 0.6 is 39.1 Å². The summed E-state index contributed by atoms with van der Waals surface area (Å²) in [6, 6.07) is 4.39. The topological polar surface area (TPSA) is 30.2 Å². The lowest BCUT2D eigenvalue weighted by Gasteiger charge is -2.06. The van der Waals surface area contributed by atoms with E-state index < -0.39 is 5.82 Å². The third kappa shape index (κ3) is 2.25. The molecule has 88 valence electrons. The number of furan rings is 1. The molecular weight excluding hydrogens is 334 g/mol. The summed E-state index contributed by atoms with van der Waals surface area (Å²) in [5, 5.41) is -0.0871. The van der Waals surface area contributed by atoms with Gasteiger partial charge in [0.2, 0.25) is 0 Å². The largest absolute Gasteiger partial charge is 0.453 e. The van der Waals surface area contributed by atoms with E-state index in [2.05, 4.69) is 15.9 Å². The predicted molar refractivity (Wildman–Crippen MR) is 67.2 cm³/mol. The van der Waals surface area contributed by atoms with Crippen LogP contribution in [0.4, 0.5) is 4.39 Å². The summed E-state index contributed by atoms with van der Waals surface area (Å²) in [6.45, 7) is 0. The van der Waals surface area contributed by atoms with Crippen LogP contribution in [0.1, 0.15) is 10.6 Å². The van der Waals surface area contributed by atoms with Gasteiger partial charge in [0, 0.05) is 4.47 Å². The van der Waals surface area contributed by atoms with Crippen molar-refractivity contribution in [3.63, 3.8) is 0 Å². The standard InChI is InChI=1S/C11H4BrCl2FO2/c12-6-3-7(13)10(14)11(15)9(6)8-2-1-5(4-16)17-8/h1-4H. The van der Waals surface area contributed by atoms with Crippen LogP contribution in [-0.2, 0) is 0 Å². The van der Waals surface area contributed by atoms with E-state index >= 15 is 0 Å². The molecule has 0 N–H and O–H groups in total. The van der Waals surface area contributed by atoms with E-state index in [4.69, 9.17) is 27.6 Å². The first-order chi connectivity index (χ1) is 8.04. The highest BCUT2D eigenvalue weighted by molar-refractivity contribution is 9.10. The van der Waals surface area contributed by atoms with Crippen LogP contribution in [0, 0.1) is 5.82 Å². The molecule has 2 nitrogen and oxygen atoms in total. The van der Waals surface area contributed by atoms with Crippen LogP contribution in [0.5, 0.6) is 0 Å². The van der Waals surface area contributed by atoms with Gasteiger partial charge in [-0.05, 0) is 34.1 Å². The van der Waals surface area contributed by atoms with Gasteiger partial charge in [0.1, 0.15) is 5.76 Å². The molecule has 0 bridgehead atoms. The lowest BCUT2D eigenvalue weighted by Crippen LogP contribution is -1.87. The van der Waals surface area contributed by atoms with Crippen LogP contribution in [0.15, 0.2) is 27.1 Å². The number of benzene rings is 1. The molecule has 2 rings (SSSR count). The van der Waals surface area contributed by atoms with Crippen LogP contribution < -0.4 is 0 Å². The van der Waals surface area contributed by atoms with E-state index in [1.54, 1.807) is 0 Å². The first-order valence-corrected chi connectivity index (χ1v) is 5.98. The fraction of sp³-hybridized carbons (Fsp3) is 0. The molecule has 1 aromatic heterocycles. The normalized spacial score (nSPS) is 10.6. The monoisotopic (exact) mass is 336 g/mol. The van der Waals surface area contributed by atoms with Gasteiger partial charge >= 0.3 is 0 Å². The third-order valence-corrected chi connectivity index (χ3v) is 3.49. The van der Waals surface area contributed by atoms with E-state index in [9.17, 15) is 9.18 Å². The molecule has 0 radical (unpaired) electrons. The second-order valence-corrected chi connectivity index (χ2v) is 4.80. The van der Waals surface area contributed by atoms with Gasteiger partial charge < -0.3 is 4.42 Å². The fourth-order valence-corrected chi connectivity index (χ4v) is 2.41. The minimum atomic E-state index is -0.696. The molecule has 1 heterocycles. The summed E-state index contributed by atoms with van der Waals surface area (Å²) < 4.78 is 19.5. The Balaban J connectivity index is 2.66. The number of carbonyl (C=O) groups excluding carboxylic acids is 1. The SMILES string of the molecule is O=Cc1ccc(-c2c(Br)cc(Cl)c(Cl)c2F)o1. The minimum Gasteiger partial charge on any atom is -0.453 e. The van der Waals surface area contributed by atoms with Crippen molar-refractivity contribution in [2.45, 2.75) is 0 Å². The van der Waals surface area contributed by atoms with Gasteiger partial charge in [-0.15, -0.1) is 0 Å².